The molecule has 1 fully saturated rings. The van der Waals surface area contributed by atoms with Crippen LogP contribution in [0.2, 0.25) is 0 Å². The lowest BCUT2D eigenvalue weighted by atomic mass is 10.3. The molecule has 0 spiro atoms. The zero-order valence-electron chi connectivity index (χ0n) is 11.8. The summed E-state index contributed by atoms with van der Waals surface area (Å²) in [5, 5.41) is 0. The number of hydrogen-bond acceptors (Lipinski definition) is 5. The molecule has 3 heterocycles. The van der Waals surface area contributed by atoms with Crippen LogP contribution >= 0.6 is 0 Å². The standard InChI is InChI=1S/C15H16N4O2/c1-11-8-18-14(9-17-11)15(20)19-7-4-13(10-19)21-12-2-5-16-6-3-12/h2-3,5-6,8-9,13H,4,7,10H2,1H3/t13-/m1/s1. The number of aromatic nitrogens is 3. The van der Waals surface area contributed by atoms with E-state index in [4.69, 9.17) is 4.74 Å². The Labute approximate surface area is 122 Å². The van der Waals surface area contributed by atoms with Crippen LogP contribution in [0.5, 0.6) is 5.75 Å². The van der Waals surface area contributed by atoms with E-state index in [9.17, 15) is 4.79 Å². The molecule has 0 bridgehead atoms. The van der Waals surface area contributed by atoms with E-state index in [0.29, 0.717) is 18.8 Å². The summed E-state index contributed by atoms with van der Waals surface area (Å²) in [6.45, 7) is 3.08. The van der Waals surface area contributed by atoms with Gasteiger partial charge in [-0.15, -0.1) is 0 Å². The highest BCUT2D eigenvalue weighted by molar-refractivity contribution is 5.92. The summed E-state index contributed by atoms with van der Waals surface area (Å²) < 4.78 is 5.84. The van der Waals surface area contributed by atoms with E-state index in [1.807, 2.05) is 19.1 Å². The van der Waals surface area contributed by atoms with Gasteiger partial charge in [0, 0.05) is 31.6 Å². The van der Waals surface area contributed by atoms with Crippen LogP contribution in [0.15, 0.2) is 36.9 Å². The first kappa shape index (κ1) is 13.5. The van der Waals surface area contributed by atoms with Gasteiger partial charge in [0.25, 0.3) is 5.91 Å². The van der Waals surface area contributed by atoms with Crippen LogP contribution in [-0.4, -0.2) is 45.0 Å². The van der Waals surface area contributed by atoms with Crippen molar-refractivity contribution in [1.82, 2.24) is 19.9 Å². The van der Waals surface area contributed by atoms with Crippen molar-refractivity contribution in [3.63, 3.8) is 0 Å². The fourth-order valence-corrected chi connectivity index (χ4v) is 2.28. The summed E-state index contributed by atoms with van der Waals surface area (Å²) >= 11 is 0. The Morgan fingerprint density at radius 2 is 2.10 bits per heavy atom. The van der Waals surface area contributed by atoms with Crippen molar-refractivity contribution in [3.05, 3.63) is 48.3 Å². The number of ether oxygens (including phenoxy) is 1. The van der Waals surface area contributed by atoms with Gasteiger partial charge in [-0.1, -0.05) is 0 Å². The molecule has 1 aliphatic rings. The predicted octanol–water partition coefficient (Wildman–Crippen LogP) is 1.47. The normalized spacial score (nSPS) is 17.8. The molecule has 1 atom stereocenters. The first-order valence-corrected chi connectivity index (χ1v) is 6.87. The van der Waals surface area contributed by atoms with E-state index in [2.05, 4.69) is 15.0 Å². The Hall–Kier alpha value is -2.50. The third-order valence-electron chi connectivity index (χ3n) is 3.38. The highest BCUT2D eigenvalue weighted by Crippen LogP contribution is 2.18. The van der Waals surface area contributed by atoms with Crippen LogP contribution in [0.1, 0.15) is 22.6 Å². The van der Waals surface area contributed by atoms with Crippen molar-refractivity contribution in [2.45, 2.75) is 19.4 Å². The summed E-state index contributed by atoms with van der Waals surface area (Å²) in [5.41, 5.74) is 1.18. The number of carbonyl (C=O) groups is 1. The van der Waals surface area contributed by atoms with Crippen molar-refractivity contribution in [1.29, 1.82) is 0 Å². The third kappa shape index (κ3) is 3.16. The maximum atomic E-state index is 12.3. The van der Waals surface area contributed by atoms with Crippen LogP contribution in [0, 0.1) is 6.92 Å². The summed E-state index contributed by atoms with van der Waals surface area (Å²) in [6, 6.07) is 3.63. The van der Waals surface area contributed by atoms with Crippen LogP contribution in [0.25, 0.3) is 0 Å². The summed E-state index contributed by atoms with van der Waals surface area (Å²) in [6.07, 6.45) is 7.33. The summed E-state index contributed by atoms with van der Waals surface area (Å²) in [7, 11) is 0. The Morgan fingerprint density at radius 1 is 1.29 bits per heavy atom. The number of pyridine rings is 1. The van der Waals surface area contributed by atoms with E-state index in [1.165, 1.54) is 6.20 Å². The quantitative estimate of drug-likeness (QED) is 0.854. The minimum absolute atomic E-state index is 0.00903. The number of aryl methyl sites for hydroxylation is 1. The van der Waals surface area contributed by atoms with Crippen molar-refractivity contribution in [2.75, 3.05) is 13.1 Å². The maximum absolute atomic E-state index is 12.3. The fraction of sp³-hybridized carbons (Fsp3) is 0.333. The van der Waals surface area contributed by atoms with Crippen LogP contribution < -0.4 is 4.74 Å². The van der Waals surface area contributed by atoms with Gasteiger partial charge in [-0.05, 0) is 19.1 Å². The largest absolute Gasteiger partial charge is 0.488 e. The molecule has 6 heteroatoms. The molecule has 0 aromatic carbocycles. The van der Waals surface area contributed by atoms with Gasteiger partial charge in [0.2, 0.25) is 0 Å². The molecule has 0 unspecified atom stereocenters. The summed E-state index contributed by atoms with van der Waals surface area (Å²) in [5.74, 6) is 0.683. The van der Waals surface area contributed by atoms with Gasteiger partial charge < -0.3 is 9.64 Å². The molecule has 1 aliphatic heterocycles. The smallest absolute Gasteiger partial charge is 0.274 e. The Balaban J connectivity index is 1.61. The van der Waals surface area contributed by atoms with E-state index in [-0.39, 0.29) is 12.0 Å². The average molecular weight is 284 g/mol. The number of amides is 1. The molecule has 6 nitrogen and oxygen atoms in total. The topological polar surface area (TPSA) is 68.2 Å². The van der Waals surface area contributed by atoms with Crippen molar-refractivity contribution >= 4 is 5.91 Å². The van der Waals surface area contributed by atoms with E-state index >= 15 is 0 Å². The second kappa shape index (κ2) is 5.87. The number of nitrogens with zero attached hydrogens (tertiary/aromatic N) is 4. The predicted molar refractivity (Wildman–Crippen MR) is 75.9 cm³/mol. The van der Waals surface area contributed by atoms with Gasteiger partial charge >= 0.3 is 0 Å². The second-order valence-corrected chi connectivity index (χ2v) is 5.01. The number of hydrogen-bond donors (Lipinski definition) is 0. The molecule has 0 N–H and O–H groups in total. The van der Waals surface area contributed by atoms with E-state index < -0.39 is 0 Å². The Morgan fingerprint density at radius 3 is 2.81 bits per heavy atom. The van der Waals surface area contributed by atoms with Crippen molar-refractivity contribution < 1.29 is 9.53 Å². The maximum Gasteiger partial charge on any atom is 0.274 e. The van der Waals surface area contributed by atoms with Crippen molar-refractivity contribution in [3.8, 4) is 5.75 Å². The second-order valence-electron chi connectivity index (χ2n) is 5.01. The van der Waals surface area contributed by atoms with Crippen LogP contribution in [-0.2, 0) is 0 Å². The molecule has 2 aromatic heterocycles. The van der Waals surface area contributed by atoms with E-state index in [1.54, 1.807) is 23.5 Å². The Kier molecular flexibility index (Phi) is 3.77. The number of rotatable bonds is 3. The van der Waals surface area contributed by atoms with Crippen LogP contribution in [0.4, 0.5) is 0 Å². The average Bonchev–Trinajstić information content (AvgIpc) is 2.97. The van der Waals surface area contributed by atoms with Gasteiger partial charge in [-0.2, -0.15) is 0 Å². The lowest BCUT2D eigenvalue weighted by Crippen LogP contribution is -2.31. The SMILES string of the molecule is Cc1cnc(C(=O)N2CC[C@@H](Oc3ccncc3)C2)cn1. The Bertz CT molecular complexity index is 615. The zero-order chi connectivity index (χ0) is 14.7. The zero-order valence-corrected chi connectivity index (χ0v) is 11.8. The molecular weight excluding hydrogens is 268 g/mol. The minimum atomic E-state index is -0.0941. The van der Waals surface area contributed by atoms with Gasteiger partial charge in [-0.3, -0.25) is 14.8 Å². The molecule has 0 saturated carbocycles. The molecule has 0 radical (unpaired) electrons. The van der Waals surface area contributed by atoms with Crippen LogP contribution in [0.3, 0.4) is 0 Å². The van der Waals surface area contributed by atoms with Gasteiger partial charge in [0.05, 0.1) is 18.4 Å². The first-order chi connectivity index (χ1) is 10.2. The third-order valence-corrected chi connectivity index (χ3v) is 3.38. The molecule has 21 heavy (non-hydrogen) atoms. The highest BCUT2D eigenvalue weighted by atomic mass is 16.5. The molecule has 1 amide bonds. The lowest BCUT2D eigenvalue weighted by Gasteiger charge is -2.16. The summed E-state index contributed by atoms with van der Waals surface area (Å²) in [4.78, 5) is 26.3. The monoisotopic (exact) mass is 284 g/mol. The first-order valence-electron chi connectivity index (χ1n) is 6.87. The highest BCUT2D eigenvalue weighted by Gasteiger charge is 2.29. The number of likely N-dealkylation sites (tertiary alicyclic amines) is 1. The minimum Gasteiger partial charge on any atom is -0.488 e. The molecule has 0 aliphatic carbocycles. The molecular formula is C15H16N4O2. The lowest BCUT2D eigenvalue weighted by molar-refractivity contribution is 0.0766. The van der Waals surface area contributed by atoms with Crippen molar-refractivity contribution in [2.24, 2.45) is 0 Å². The molecule has 3 rings (SSSR count). The van der Waals surface area contributed by atoms with Gasteiger partial charge in [-0.25, -0.2) is 4.98 Å². The molecule has 108 valence electrons. The fourth-order valence-electron chi connectivity index (χ4n) is 2.28. The molecule has 2 aromatic rings. The molecule has 1 saturated heterocycles. The number of carbonyl (C=O) groups excluding carboxylic acids is 1. The van der Waals surface area contributed by atoms with Gasteiger partial charge in [0.15, 0.2) is 0 Å². The van der Waals surface area contributed by atoms with Gasteiger partial charge in [0.1, 0.15) is 17.5 Å². The van der Waals surface area contributed by atoms with E-state index in [0.717, 1.165) is 17.9 Å².